The van der Waals surface area contributed by atoms with Crippen LogP contribution in [0.15, 0.2) is 13.0 Å². The summed E-state index contributed by atoms with van der Waals surface area (Å²) < 4.78 is 2.54. The molecule has 3 rings (SSSR count). The number of hydrogen-bond acceptors (Lipinski definition) is 12. The van der Waals surface area contributed by atoms with Gasteiger partial charge in [0.05, 0.1) is 0 Å². The topological polar surface area (TPSA) is 77.3 Å². The zero-order valence-corrected chi connectivity index (χ0v) is 20.2. The first-order valence-electron chi connectivity index (χ1n) is 5.45. The molecule has 6 nitrogen and oxygen atoms in total. The minimum atomic E-state index is 0. The van der Waals surface area contributed by atoms with Gasteiger partial charge in [0.15, 0.2) is 8.68 Å². The Kier molecular flexibility index (Phi) is 10.6. The second kappa shape index (κ2) is 11.0. The van der Waals surface area contributed by atoms with Crippen molar-refractivity contribution in [2.45, 2.75) is 33.8 Å². The molecule has 0 bridgehead atoms. The third-order valence-corrected chi connectivity index (χ3v) is 7.30. The van der Waals surface area contributed by atoms with Gasteiger partial charge < -0.3 is 24.0 Å². The summed E-state index contributed by atoms with van der Waals surface area (Å²) in [6.07, 6.45) is 0. The molecule has 3 heterocycles. The molecule has 22 heavy (non-hydrogen) atoms. The molecule has 0 saturated carbocycles. The van der Waals surface area contributed by atoms with Gasteiger partial charge in [0.1, 0.15) is 10.0 Å². The van der Waals surface area contributed by atoms with Crippen LogP contribution in [0.2, 0.25) is 0 Å². The standard InChI is InChI=1S/C6H6N4S4.C3H4N2S2.K/c1-3-7-9-5(11-3)13-14-6-10-8-4(2)12-6;1-2-4-5-3(6)7-2;/h1-2H3;1H3,(H,5,6);/q;;+1/p-1. The van der Waals surface area contributed by atoms with Crippen LogP contribution in [0.5, 0.6) is 0 Å². The molecule has 0 aliphatic carbocycles. The Morgan fingerprint density at radius 2 is 1.09 bits per heavy atom. The van der Waals surface area contributed by atoms with Crippen LogP contribution < -0.4 is 51.4 Å². The summed E-state index contributed by atoms with van der Waals surface area (Å²) in [6.45, 7) is 5.77. The van der Waals surface area contributed by atoms with E-state index >= 15 is 0 Å². The molecule has 0 atom stereocenters. The molecule has 0 fully saturated rings. The smallest absolute Gasteiger partial charge is 0.406 e. The van der Waals surface area contributed by atoms with E-state index < -0.39 is 0 Å². The van der Waals surface area contributed by atoms with E-state index in [1.54, 1.807) is 44.3 Å². The molecule has 3 aromatic rings. The van der Waals surface area contributed by atoms with Crippen molar-refractivity contribution in [3.05, 3.63) is 15.0 Å². The first kappa shape index (κ1) is 21.3. The molecule has 112 valence electrons. The van der Waals surface area contributed by atoms with Crippen molar-refractivity contribution in [2.75, 3.05) is 0 Å². The minimum Gasteiger partial charge on any atom is -0.406 e. The van der Waals surface area contributed by atoms with Crippen molar-refractivity contribution in [1.29, 1.82) is 0 Å². The van der Waals surface area contributed by atoms with Crippen LogP contribution in [0.1, 0.15) is 15.0 Å². The summed E-state index contributed by atoms with van der Waals surface area (Å²) in [5.41, 5.74) is 0. The van der Waals surface area contributed by atoms with Gasteiger partial charge in [0.2, 0.25) is 0 Å². The first-order valence-corrected chi connectivity index (χ1v) is 10.5. The Hall–Kier alpha value is 1.24. The number of aryl methyl sites for hydroxylation is 3. The summed E-state index contributed by atoms with van der Waals surface area (Å²) >= 11 is 9.29. The Bertz CT molecular complexity index is 639. The fourth-order valence-electron chi connectivity index (χ4n) is 0.974. The maximum absolute atomic E-state index is 4.68. The summed E-state index contributed by atoms with van der Waals surface area (Å²) in [5, 5.41) is 26.1. The van der Waals surface area contributed by atoms with Gasteiger partial charge in [0, 0.05) is 5.01 Å². The van der Waals surface area contributed by atoms with E-state index in [0.717, 1.165) is 23.7 Å². The van der Waals surface area contributed by atoms with E-state index in [0.29, 0.717) is 4.34 Å². The zero-order chi connectivity index (χ0) is 15.2. The molecular weight excluding hydrogens is 424 g/mol. The third kappa shape index (κ3) is 7.87. The Morgan fingerprint density at radius 1 is 0.682 bits per heavy atom. The van der Waals surface area contributed by atoms with Crippen LogP contribution >= 0.6 is 55.6 Å². The van der Waals surface area contributed by atoms with Gasteiger partial charge in [-0.15, -0.1) is 20.4 Å². The largest absolute Gasteiger partial charge is 1.00 e. The number of nitrogens with zero attached hydrogens (tertiary/aromatic N) is 6. The van der Waals surface area contributed by atoms with E-state index in [2.05, 4.69) is 43.2 Å². The zero-order valence-electron chi connectivity index (χ0n) is 12.1. The van der Waals surface area contributed by atoms with Crippen molar-refractivity contribution in [2.24, 2.45) is 0 Å². The van der Waals surface area contributed by atoms with E-state index in [4.69, 9.17) is 0 Å². The van der Waals surface area contributed by atoms with Gasteiger partial charge in [-0.2, -0.15) is 10.2 Å². The average molecular weight is 433 g/mol. The Balaban J connectivity index is 0.000000258. The predicted molar refractivity (Wildman–Crippen MR) is 91.3 cm³/mol. The predicted octanol–water partition coefficient (Wildman–Crippen LogP) is 0.562. The van der Waals surface area contributed by atoms with Crippen LogP contribution in [-0.4, -0.2) is 30.6 Å². The Labute approximate surface area is 196 Å². The van der Waals surface area contributed by atoms with Gasteiger partial charge in [-0.25, -0.2) is 0 Å². The molecule has 0 amide bonds. The van der Waals surface area contributed by atoms with E-state index in [1.807, 2.05) is 20.8 Å². The van der Waals surface area contributed by atoms with Crippen LogP contribution in [0.4, 0.5) is 0 Å². The summed E-state index contributed by atoms with van der Waals surface area (Å²) in [7, 11) is 3.15. The molecule has 0 saturated heterocycles. The third-order valence-electron chi connectivity index (χ3n) is 1.71. The molecule has 0 aliphatic rings. The van der Waals surface area contributed by atoms with E-state index in [1.165, 1.54) is 11.3 Å². The monoisotopic (exact) mass is 432 g/mol. The summed E-state index contributed by atoms with van der Waals surface area (Å²) in [4.78, 5) is 0. The quantitative estimate of drug-likeness (QED) is 0.335. The second-order valence-corrected chi connectivity index (χ2v) is 10.2. The molecule has 3 aromatic heterocycles. The molecule has 0 unspecified atom stereocenters. The van der Waals surface area contributed by atoms with Crippen LogP contribution in [0, 0.1) is 20.8 Å². The molecule has 0 spiro atoms. The normalized spacial score (nSPS) is 9.77. The second-order valence-electron chi connectivity index (χ2n) is 3.43. The van der Waals surface area contributed by atoms with Crippen LogP contribution in [0.25, 0.3) is 0 Å². The SMILES string of the molecule is Cc1nnc(SSc2nnc(C)s2)s1.Cc1nnc([S-])s1.[K+]. The molecule has 0 aliphatic heterocycles. The van der Waals surface area contributed by atoms with E-state index in [9.17, 15) is 0 Å². The van der Waals surface area contributed by atoms with Crippen LogP contribution in [-0.2, 0) is 12.6 Å². The van der Waals surface area contributed by atoms with Crippen molar-refractivity contribution < 1.29 is 51.4 Å². The summed E-state index contributed by atoms with van der Waals surface area (Å²) in [5.74, 6) is 0. The number of rotatable bonds is 3. The van der Waals surface area contributed by atoms with Crippen molar-refractivity contribution in [3.8, 4) is 0 Å². The molecule has 0 aromatic carbocycles. The number of aromatic nitrogens is 6. The average Bonchev–Trinajstić information content (AvgIpc) is 3.12. The summed E-state index contributed by atoms with van der Waals surface area (Å²) in [6, 6.07) is 0. The van der Waals surface area contributed by atoms with E-state index in [-0.39, 0.29) is 51.4 Å². The van der Waals surface area contributed by atoms with Gasteiger partial charge in [-0.3, -0.25) is 0 Å². The fraction of sp³-hybridized carbons (Fsp3) is 0.333. The van der Waals surface area contributed by atoms with Gasteiger partial charge in [-0.1, -0.05) is 22.7 Å². The molecule has 13 heteroatoms. The van der Waals surface area contributed by atoms with Crippen molar-refractivity contribution >= 4 is 68.2 Å². The van der Waals surface area contributed by atoms with Gasteiger partial charge >= 0.3 is 51.4 Å². The van der Waals surface area contributed by atoms with Gasteiger partial charge in [0.25, 0.3) is 0 Å². The maximum Gasteiger partial charge on any atom is 1.00 e. The Morgan fingerprint density at radius 3 is 1.32 bits per heavy atom. The fourth-order valence-corrected chi connectivity index (χ4v) is 5.76. The first-order chi connectivity index (χ1) is 10.0. The molecule has 0 radical (unpaired) electrons. The van der Waals surface area contributed by atoms with Gasteiger partial charge in [-0.05, 0) is 46.7 Å². The molecular formula is C9H9KN6S6. The number of hydrogen-bond donors (Lipinski definition) is 0. The molecule has 0 N–H and O–H groups in total. The van der Waals surface area contributed by atoms with Crippen molar-refractivity contribution in [3.63, 3.8) is 0 Å². The van der Waals surface area contributed by atoms with Crippen LogP contribution in [0.3, 0.4) is 0 Å². The maximum atomic E-state index is 4.68. The van der Waals surface area contributed by atoms with Crippen molar-refractivity contribution in [1.82, 2.24) is 30.6 Å². The minimum absolute atomic E-state index is 0.